The van der Waals surface area contributed by atoms with Gasteiger partial charge in [0.05, 0.1) is 0 Å². The van der Waals surface area contributed by atoms with E-state index in [1.165, 1.54) is 0 Å². The van der Waals surface area contributed by atoms with Gasteiger partial charge in [0.1, 0.15) is 5.60 Å². The van der Waals surface area contributed by atoms with E-state index in [0.29, 0.717) is 21.7 Å². The smallest absolute Gasteiger partial charge is 0.407 e. The number of carbonyl (C=O) groups is 1. The van der Waals surface area contributed by atoms with Gasteiger partial charge in [-0.25, -0.2) is 4.79 Å². The molecule has 0 heterocycles. The van der Waals surface area contributed by atoms with Gasteiger partial charge in [-0.15, -0.1) is 0 Å². The van der Waals surface area contributed by atoms with Crippen molar-refractivity contribution in [2.24, 2.45) is 11.1 Å². The van der Waals surface area contributed by atoms with Crippen molar-refractivity contribution >= 4 is 17.7 Å². The summed E-state index contributed by atoms with van der Waals surface area (Å²) >= 11 is 6.25. The maximum atomic E-state index is 12.1. The van der Waals surface area contributed by atoms with Crippen LogP contribution < -0.4 is 11.1 Å². The zero-order valence-corrected chi connectivity index (χ0v) is 19.4. The van der Waals surface area contributed by atoms with Crippen molar-refractivity contribution in [2.45, 2.75) is 65.8 Å². The Morgan fingerprint density at radius 1 is 1.03 bits per heavy atom. The average Bonchev–Trinajstić information content (AvgIpc) is 2.59. The van der Waals surface area contributed by atoms with Crippen molar-refractivity contribution < 1.29 is 14.6 Å². The number of benzene rings is 2. The highest BCUT2D eigenvalue weighted by atomic mass is 35.5. The molecule has 2 rings (SSSR count). The van der Waals surface area contributed by atoms with Crippen LogP contribution in [0.15, 0.2) is 42.5 Å². The quantitative estimate of drug-likeness (QED) is 0.573. The van der Waals surface area contributed by atoms with Gasteiger partial charge in [0.2, 0.25) is 0 Å². The first-order valence-corrected chi connectivity index (χ1v) is 10.4. The highest BCUT2D eigenvalue weighted by Gasteiger charge is 2.32. The number of ether oxygens (including phenoxy) is 1. The summed E-state index contributed by atoms with van der Waals surface area (Å²) in [4.78, 5) is 12.1. The van der Waals surface area contributed by atoms with Gasteiger partial charge in [0, 0.05) is 22.7 Å². The maximum absolute atomic E-state index is 12.1. The molecule has 5 nitrogen and oxygen atoms in total. The Kier molecular flexibility index (Phi) is 7.23. The summed E-state index contributed by atoms with van der Waals surface area (Å²) in [5, 5.41) is 14.7. The molecule has 30 heavy (non-hydrogen) atoms. The molecule has 0 aliphatic heterocycles. The molecule has 0 aromatic heterocycles. The predicted octanol–water partition coefficient (Wildman–Crippen LogP) is 5.11. The molecule has 2 aromatic carbocycles. The lowest BCUT2D eigenvalue weighted by molar-refractivity contribution is 0.0519. The van der Waals surface area contributed by atoms with Crippen molar-refractivity contribution in [1.29, 1.82) is 0 Å². The minimum atomic E-state index is -1.78. The van der Waals surface area contributed by atoms with E-state index in [4.69, 9.17) is 22.1 Å². The molecular weight excluding hydrogens is 400 g/mol. The largest absolute Gasteiger partial charge is 0.444 e. The maximum Gasteiger partial charge on any atom is 0.407 e. The average molecular weight is 433 g/mol. The first kappa shape index (κ1) is 24.2. The molecule has 0 fully saturated rings. The SMILES string of the molecule is CC(C)(C)Cc1ccc(Cl)cc1C(N)(O)c1ccccc1CNC(=O)OC(C)(C)C. The molecule has 2 aromatic rings. The van der Waals surface area contributed by atoms with Crippen molar-refractivity contribution in [1.82, 2.24) is 5.32 Å². The summed E-state index contributed by atoms with van der Waals surface area (Å²) in [5.41, 5.74) is 6.79. The van der Waals surface area contributed by atoms with E-state index in [9.17, 15) is 9.90 Å². The Balaban J connectivity index is 2.40. The van der Waals surface area contributed by atoms with Crippen LogP contribution >= 0.6 is 11.6 Å². The molecule has 0 bridgehead atoms. The Bertz CT molecular complexity index is 896. The second-order valence-electron chi connectivity index (χ2n) is 9.82. The van der Waals surface area contributed by atoms with E-state index in [2.05, 4.69) is 26.1 Å². The molecule has 1 amide bonds. The number of hydrogen-bond acceptors (Lipinski definition) is 4. The summed E-state index contributed by atoms with van der Waals surface area (Å²) in [6.07, 6.45) is 0.186. The van der Waals surface area contributed by atoms with E-state index < -0.39 is 17.4 Å². The Morgan fingerprint density at radius 3 is 2.27 bits per heavy atom. The number of alkyl carbamates (subject to hydrolysis) is 1. The molecule has 4 N–H and O–H groups in total. The Morgan fingerprint density at radius 2 is 1.67 bits per heavy atom. The van der Waals surface area contributed by atoms with Gasteiger partial charge in [-0.3, -0.25) is 5.73 Å². The van der Waals surface area contributed by atoms with Gasteiger partial charge >= 0.3 is 6.09 Å². The van der Waals surface area contributed by atoms with Crippen molar-refractivity contribution in [3.63, 3.8) is 0 Å². The topological polar surface area (TPSA) is 84.6 Å². The van der Waals surface area contributed by atoms with Crippen LogP contribution in [-0.2, 0) is 23.4 Å². The van der Waals surface area contributed by atoms with E-state index >= 15 is 0 Å². The molecule has 0 aliphatic rings. The fourth-order valence-electron chi connectivity index (χ4n) is 3.30. The molecule has 6 heteroatoms. The second-order valence-corrected chi connectivity index (χ2v) is 10.3. The van der Waals surface area contributed by atoms with Crippen molar-refractivity contribution in [2.75, 3.05) is 0 Å². The first-order valence-electron chi connectivity index (χ1n) is 10.0. The second kappa shape index (κ2) is 8.96. The summed E-state index contributed by atoms with van der Waals surface area (Å²) in [6.45, 7) is 11.9. The molecule has 0 saturated heterocycles. The van der Waals surface area contributed by atoms with E-state index in [0.717, 1.165) is 12.0 Å². The standard InChI is InChI=1S/C24H33ClN2O3/c1-22(2,3)14-16-11-12-18(25)13-20(16)24(26,29)19-10-8-7-9-17(19)15-27-21(28)30-23(4,5)6/h7-13,29H,14-15,26H2,1-6H3,(H,27,28). The van der Waals surface area contributed by atoms with Gasteiger partial charge in [0.15, 0.2) is 5.72 Å². The molecule has 164 valence electrons. The zero-order valence-electron chi connectivity index (χ0n) is 18.7. The van der Waals surface area contributed by atoms with Crippen LogP contribution in [0.5, 0.6) is 0 Å². The lowest BCUT2D eigenvalue weighted by atomic mass is 9.82. The zero-order chi connectivity index (χ0) is 22.7. The highest BCUT2D eigenvalue weighted by molar-refractivity contribution is 6.30. The van der Waals surface area contributed by atoms with Gasteiger partial charge in [-0.05, 0) is 55.9 Å². The normalized spacial score (nSPS) is 14.2. The van der Waals surface area contributed by atoms with Crippen LogP contribution in [0.3, 0.4) is 0 Å². The number of carbonyl (C=O) groups excluding carboxylic acids is 1. The highest BCUT2D eigenvalue weighted by Crippen LogP contribution is 2.34. The van der Waals surface area contributed by atoms with Crippen molar-refractivity contribution in [3.05, 3.63) is 69.7 Å². The number of nitrogens with two attached hydrogens (primary N) is 1. The number of amides is 1. The van der Waals surface area contributed by atoms with E-state index in [1.807, 2.05) is 18.2 Å². The third kappa shape index (κ3) is 6.73. The summed E-state index contributed by atoms with van der Waals surface area (Å²) < 4.78 is 5.30. The number of nitrogens with one attached hydrogen (secondary N) is 1. The fraction of sp³-hybridized carbons (Fsp3) is 0.458. The van der Waals surface area contributed by atoms with Gasteiger partial charge < -0.3 is 15.2 Å². The minimum Gasteiger partial charge on any atom is -0.444 e. The molecule has 0 spiro atoms. The predicted molar refractivity (Wildman–Crippen MR) is 121 cm³/mol. The third-order valence-corrected chi connectivity index (χ3v) is 4.69. The van der Waals surface area contributed by atoms with E-state index in [1.54, 1.807) is 45.0 Å². The van der Waals surface area contributed by atoms with Crippen LogP contribution in [0.25, 0.3) is 0 Å². The molecule has 0 aliphatic carbocycles. The fourth-order valence-corrected chi connectivity index (χ4v) is 3.47. The number of aliphatic hydroxyl groups is 1. The summed E-state index contributed by atoms with van der Waals surface area (Å²) in [6, 6.07) is 12.6. The van der Waals surface area contributed by atoms with E-state index in [-0.39, 0.29) is 12.0 Å². The van der Waals surface area contributed by atoms with Gasteiger partial charge in [-0.1, -0.05) is 62.7 Å². The van der Waals surface area contributed by atoms with Crippen LogP contribution in [-0.4, -0.2) is 16.8 Å². The Labute approximate surface area is 184 Å². The monoisotopic (exact) mass is 432 g/mol. The molecule has 0 saturated carbocycles. The van der Waals surface area contributed by atoms with Crippen LogP contribution in [0.1, 0.15) is 63.8 Å². The molecule has 1 atom stereocenters. The van der Waals surface area contributed by atoms with Crippen molar-refractivity contribution in [3.8, 4) is 0 Å². The number of rotatable bonds is 5. The number of halogens is 1. The molecular formula is C24H33ClN2O3. The van der Waals surface area contributed by atoms with Crippen LogP contribution in [0.4, 0.5) is 4.79 Å². The lowest BCUT2D eigenvalue weighted by Crippen LogP contribution is -2.41. The first-order chi connectivity index (χ1) is 13.7. The Hall–Kier alpha value is -2.08. The van der Waals surface area contributed by atoms with Crippen LogP contribution in [0.2, 0.25) is 5.02 Å². The number of hydrogen-bond donors (Lipinski definition) is 3. The lowest BCUT2D eigenvalue weighted by Gasteiger charge is -2.31. The molecule has 0 radical (unpaired) electrons. The van der Waals surface area contributed by atoms with Gasteiger partial charge in [-0.2, -0.15) is 0 Å². The van der Waals surface area contributed by atoms with Crippen LogP contribution in [0, 0.1) is 5.41 Å². The summed E-state index contributed by atoms with van der Waals surface area (Å²) in [7, 11) is 0. The summed E-state index contributed by atoms with van der Waals surface area (Å²) in [5.74, 6) is 0. The minimum absolute atomic E-state index is 0.00353. The molecule has 1 unspecified atom stereocenters. The van der Waals surface area contributed by atoms with Gasteiger partial charge in [0.25, 0.3) is 0 Å². The third-order valence-electron chi connectivity index (χ3n) is 4.45.